The molecule has 0 heterocycles. The van der Waals surface area contributed by atoms with E-state index in [0.29, 0.717) is 5.22 Å². The van der Waals surface area contributed by atoms with Crippen LogP contribution in [-0.2, 0) is 26.7 Å². The first-order chi connectivity index (χ1) is 11.3. The zero-order valence-corrected chi connectivity index (χ0v) is 14.7. The molecule has 0 aliphatic carbocycles. The smallest absolute Gasteiger partial charge is 0.134 e. The maximum absolute atomic E-state index is 11.5. The summed E-state index contributed by atoms with van der Waals surface area (Å²) >= 11 is 0. The van der Waals surface area contributed by atoms with Gasteiger partial charge in [0.25, 0.3) is 0 Å². The van der Waals surface area contributed by atoms with Gasteiger partial charge < -0.3 is 0 Å². The standard InChI is InChI=1S/C20H13O2P.Mn/c21-14-16-8-7-13-20(19(16)15-22)23(17-9-3-1-4-10-17)18-11-5-2-6-12-18;/h1-13H;. The van der Waals surface area contributed by atoms with Crippen molar-refractivity contribution < 1.29 is 26.7 Å². The van der Waals surface area contributed by atoms with E-state index >= 15 is 0 Å². The molecule has 0 saturated heterocycles. The van der Waals surface area contributed by atoms with Gasteiger partial charge in [0, 0.05) is 22.4 Å². The van der Waals surface area contributed by atoms with Gasteiger partial charge in [-0.2, -0.15) is 0 Å². The van der Waals surface area contributed by atoms with Crippen molar-refractivity contribution in [3.05, 3.63) is 89.3 Å². The Morgan fingerprint density at radius 3 is 1.62 bits per heavy atom. The first-order valence-corrected chi connectivity index (χ1v) is 8.49. The molecule has 0 aliphatic heterocycles. The largest absolute Gasteiger partial charge is 0.233 e. The predicted octanol–water partition coefficient (Wildman–Crippen LogP) is 0.449. The van der Waals surface area contributed by atoms with Crippen molar-refractivity contribution in [1.29, 1.82) is 0 Å². The number of hydrogen-bond donors (Lipinski definition) is 0. The van der Waals surface area contributed by atoms with E-state index in [4.69, 9.17) is 0 Å². The monoisotopic (exact) mass is 371 g/mol. The summed E-state index contributed by atoms with van der Waals surface area (Å²) in [6.45, 7) is 0. The van der Waals surface area contributed by atoms with Gasteiger partial charge in [-0.25, -0.2) is 9.59 Å². The van der Waals surface area contributed by atoms with Crippen LogP contribution in [0.15, 0.2) is 78.9 Å². The maximum atomic E-state index is 11.5. The van der Waals surface area contributed by atoms with Crippen LogP contribution in [0.4, 0.5) is 0 Å². The molecule has 0 aromatic heterocycles. The molecular formula is C20H13MnO2P. The van der Waals surface area contributed by atoms with Gasteiger partial charge in [-0.3, -0.25) is 0 Å². The summed E-state index contributed by atoms with van der Waals surface area (Å²) < 4.78 is 0. The van der Waals surface area contributed by atoms with E-state index in [9.17, 15) is 9.59 Å². The van der Waals surface area contributed by atoms with Crippen LogP contribution in [-0.4, -0.2) is 11.9 Å². The average molecular weight is 371 g/mol. The van der Waals surface area contributed by atoms with Crippen molar-refractivity contribution in [1.82, 2.24) is 0 Å². The van der Waals surface area contributed by atoms with E-state index < -0.39 is 7.92 Å². The summed E-state index contributed by atoms with van der Waals surface area (Å²) in [4.78, 5) is 22.6. The van der Waals surface area contributed by atoms with Crippen LogP contribution in [0.25, 0.3) is 0 Å². The summed E-state index contributed by atoms with van der Waals surface area (Å²) in [5, 5.41) is 3.63. The summed E-state index contributed by atoms with van der Waals surface area (Å²) in [6, 6.07) is 25.3. The molecule has 4 heteroatoms. The van der Waals surface area contributed by atoms with Crippen molar-refractivity contribution in [2.24, 2.45) is 0 Å². The number of benzene rings is 3. The third kappa shape index (κ3) is 3.64. The van der Waals surface area contributed by atoms with Crippen LogP contribution in [0.3, 0.4) is 0 Å². The molecule has 0 bridgehead atoms. The molecule has 1 radical (unpaired) electrons. The molecule has 3 aromatic rings. The second-order valence-electron chi connectivity index (χ2n) is 4.91. The molecule has 117 valence electrons. The third-order valence-electron chi connectivity index (χ3n) is 3.52. The quantitative estimate of drug-likeness (QED) is 0.495. The zero-order chi connectivity index (χ0) is 16.1. The number of hydrogen-bond acceptors (Lipinski definition) is 2. The van der Waals surface area contributed by atoms with Crippen LogP contribution in [0, 0.1) is 0 Å². The molecule has 3 aromatic carbocycles. The minimum absolute atomic E-state index is 0. The molecule has 0 saturated carbocycles. The predicted molar refractivity (Wildman–Crippen MR) is 94.0 cm³/mol. The average Bonchev–Trinajstić information content (AvgIpc) is 2.63. The molecule has 0 N–H and O–H groups in total. The maximum Gasteiger partial charge on any atom is 0.134 e. The van der Waals surface area contributed by atoms with Gasteiger partial charge in [0.15, 0.2) is 0 Å². The SMILES string of the molecule is O=C=c1cccc(P(c2ccccc2)c2ccccc2)c1=C=O.[Mn]. The van der Waals surface area contributed by atoms with Crippen LogP contribution in [0.1, 0.15) is 0 Å². The summed E-state index contributed by atoms with van der Waals surface area (Å²) in [5.41, 5.74) is 0. The second-order valence-corrected chi connectivity index (χ2v) is 7.10. The summed E-state index contributed by atoms with van der Waals surface area (Å²) in [6.07, 6.45) is 0. The summed E-state index contributed by atoms with van der Waals surface area (Å²) in [7, 11) is -0.936. The second kappa shape index (κ2) is 8.57. The molecule has 0 atom stereocenters. The van der Waals surface area contributed by atoms with Crippen LogP contribution in [0.5, 0.6) is 0 Å². The topological polar surface area (TPSA) is 34.1 Å². The van der Waals surface area contributed by atoms with Gasteiger partial charge in [-0.15, -0.1) is 0 Å². The molecule has 0 amide bonds. The molecule has 0 aliphatic rings. The van der Waals surface area contributed by atoms with E-state index in [1.807, 2.05) is 78.6 Å². The van der Waals surface area contributed by atoms with Gasteiger partial charge in [0.2, 0.25) is 0 Å². The van der Waals surface area contributed by atoms with Crippen molar-refractivity contribution in [2.75, 3.05) is 0 Å². The minimum atomic E-state index is -0.936. The van der Waals surface area contributed by atoms with Crippen molar-refractivity contribution >= 4 is 35.7 Å². The van der Waals surface area contributed by atoms with Gasteiger partial charge in [0.05, 0.1) is 10.4 Å². The molecule has 0 fully saturated rings. The van der Waals surface area contributed by atoms with Crippen LogP contribution in [0.2, 0.25) is 0 Å². The minimum Gasteiger partial charge on any atom is -0.233 e. The Kier molecular flexibility index (Phi) is 6.47. The molecule has 0 unspecified atom stereocenters. The van der Waals surface area contributed by atoms with Gasteiger partial charge in [0.1, 0.15) is 11.9 Å². The molecule has 2 nitrogen and oxygen atoms in total. The molecule has 24 heavy (non-hydrogen) atoms. The fourth-order valence-corrected chi connectivity index (χ4v) is 4.92. The van der Waals surface area contributed by atoms with E-state index in [1.165, 1.54) is 0 Å². The Morgan fingerprint density at radius 1 is 0.625 bits per heavy atom. The van der Waals surface area contributed by atoms with E-state index in [2.05, 4.69) is 0 Å². The summed E-state index contributed by atoms with van der Waals surface area (Å²) in [5.74, 6) is 3.78. The molecular weight excluding hydrogens is 358 g/mol. The molecule has 0 spiro atoms. The normalized spacial score (nSPS) is 9.71. The Morgan fingerprint density at radius 2 is 1.17 bits per heavy atom. The number of carbonyl (C=O) groups excluding carboxylic acids is 2. The van der Waals surface area contributed by atoms with E-state index in [0.717, 1.165) is 15.9 Å². The fourth-order valence-electron chi connectivity index (χ4n) is 2.50. The van der Waals surface area contributed by atoms with Crippen LogP contribution < -0.4 is 26.4 Å². The van der Waals surface area contributed by atoms with Crippen molar-refractivity contribution in [3.63, 3.8) is 0 Å². The van der Waals surface area contributed by atoms with Crippen molar-refractivity contribution in [3.8, 4) is 0 Å². The Labute approximate surface area is 151 Å². The Balaban J connectivity index is 0.00000208. The first kappa shape index (κ1) is 18.1. The Hall–Kier alpha value is -2.23. The van der Waals surface area contributed by atoms with E-state index in [-0.39, 0.29) is 22.3 Å². The molecule has 3 rings (SSSR count). The van der Waals surface area contributed by atoms with Gasteiger partial charge in [-0.05, 0) is 24.6 Å². The first-order valence-electron chi connectivity index (χ1n) is 7.14. The van der Waals surface area contributed by atoms with Crippen LogP contribution >= 0.6 is 7.92 Å². The van der Waals surface area contributed by atoms with Gasteiger partial charge in [-0.1, -0.05) is 72.8 Å². The zero-order valence-electron chi connectivity index (χ0n) is 12.6. The van der Waals surface area contributed by atoms with Crippen molar-refractivity contribution in [2.45, 2.75) is 0 Å². The number of rotatable bonds is 3. The Bertz CT molecular complexity index is 938. The van der Waals surface area contributed by atoms with Gasteiger partial charge >= 0.3 is 0 Å². The van der Waals surface area contributed by atoms with E-state index in [1.54, 1.807) is 12.1 Å². The fraction of sp³-hybridized carbons (Fsp3) is 0. The third-order valence-corrected chi connectivity index (χ3v) is 6.01.